The summed E-state index contributed by atoms with van der Waals surface area (Å²) in [5, 5.41) is 9.98. The minimum atomic E-state index is -0.273. The van der Waals surface area contributed by atoms with Crippen molar-refractivity contribution in [3.05, 3.63) is 271 Å². The number of rotatable bonds is 7. The fraction of sp³-hybridized carbons (Fsp3) is 0.0303. The molecule has 0 saturated carbocycles. The Morgan fingerprint density at radius 1 is 0.299 bits per heavy atom. The highest BCUT2D eigenvalue weighted by molar-refractivity contribution is 6.22. The Bertz CT molecular complexity index is 3850. The van der Waals surface area contributed by atoms with Crippen molar-refractivity contribution < 1.29 is 0 Å². The zero-order chi connectivity index (χ0) is 44.5. The SMILES string of the molecule is CC1(c2ccccc2)c2ccccc2-c2cc(N(c3ccc(-c4ccc5c(c4)c(-c4ccccc4)c(-c4ccccc4)c4ccccc45)cc3)c3cccc4c3ccc3ccccc34)ccc21. The summed E-state index contributed by atoms with van der Waals surface area (Å²) in [7, 11) is 0. The molecule has 12 aromatic carbocycles. The smallest absolute Gasteiger partial charge is 0.0540 e. The van der Waals surface area contributed by atoms with Gasteiger partial charge in [0.15, 0.2) is 0 Å². The Kier molecular flexibility index (Phi) is 9.05. The van der Waals surface area contributed by atoms with Gasteiger partial charge in [-0.2, -0.15) is 0 Å². The van der Waals surface area contributed by atoms with Gasteiger partial charge in [0.25, 0.3) is 0 Å². The van der Waals surface area contributed by atoms with Crippen LogP contribution in [0.4, 0.5) is 17.1 Å². The number of nitrogens with zero attached hydrogens (tertiary/aromatic N) is 1. The van der Waals surface area contributed by atoms with Gasteiger partial charge in [0, 0.05) is 22.2 Å². The summed E-state index contributed by atoms with van der Waals surface area (Å²) in [6.07, 6.45) is 0. The van der Waals surface area contributed by atoms with E-state index in [1.807, 2.05) is 0 Å². The minimum Gasteiger partial charge on any atom is -0.310 e. The van der Waals surface area contributed by atoms with Crippen LogP contribution in [0, 0.1) is 0 Å². The van der Waals surface area contributed by atoms with E-state index in [4.69, 9.17) is 0 Å². The van der Waals surface area contributed by atoms with Gasteiger partial charge >= 0.3 is 0 Å². The lowest BCUT2D eigenvalue weighted by atomic mass is 9.74. The lowest BCUT2D eigenvalue weighted by Gasteiger charge is -2.30. The van der Waals surface area contributed by atoms with Gasteiger partial charge in [-0.1, -0.05) is 218 Å². The predicted octanol–water partition coefficient (Wildman–Crippen LogP) is 18.1. The molecule has 0 saturated heterocycles. The normalized spacial score (nSPS) is 14.1. The van der Waals surface area contributed by atoms with Gasteiger partial charge in [-0.05, 0) is 142 Å². The van der Waals surface area contributed by atoms with Crippen molar-refractivity contribution in [2.24, 2.45) is 0 Å². The molecular formula is C66H45N. The first-order chi connectivity index (χ1) is 33.1. The third-order valence-electron chi connectivity index (χ3n) is 14.5. The van der Waals surface area contributed by atoms with Crippen LogP contribution in [0.3, 0.4) is 0 Å². The van der Waals surface area contributed by atoms with Crippen LogP contribution < -0.4 is 4.90 Å². The molecule has 1 atom stereocenters. The van der Waals surface area contributed by atoms with Crippen LogP contribution in [0.2, 0.25) is 0 Å². The standard InChI is InChI=1S/C66H45N/c1-66(49-23-9-4-10-24-49)61-30-16-15-27-56(61)59-43-51(38-41-62(59)66)67(63-31-17-29-53-52-25-12-11-18-45(52)34-40-57(53)63)50-36-32-44(33-37-50)48-35-39-55-54-26-13-14-28-58(54)64(46-19-5-2-6-20-46)65(60(55)42-48)47-21-7-3-8-22-47/h2-43H,1H3. The van der Waals surface area contributed by atoms with Gasteiger partial charge < -0.3 is 4.90 Å². The summed E-state index contributed by atoms with van der Waals surface area (Å²) in [6, 6.07) is 94.1. The first-order valence-electron chi connectivity index (χ1n) is 23.3. The first kappa shape index (κ1) is 38.9. The number of benzene rings is 12. The fourth-order valence-corrected chi connectivity index (χ4v) is 11.3. The van der Waals surface area contributed by atoms with E-state index in [0.29, 0.717) is 0 Å². The minimum absolute atomic E-state index is 0.273. The summed E-state index contributed by atoms with van der Waals surface area (Å²) in [5.41, 5.74) is 17.0. The molecule has 1 heteroatoms. The van der Waals surface area contributed by atoms with E-state index < -0.39 is 0 Å². The second-order valence-corrected chi connectivity index (χ2v) is 18.1. The van der Waals surface area contributed by atoms with Crippen molar-refractivity contribution >= 4 is 60.2 Å². The maximum Gasteiger partial charge on any atom is 0.0540 e. The fourth-order valence-electron chi connectivity index (χ4n) is 11.3. The van der Waals surface area contributed by atoms with Gasteiger partial charge in [-0.3, -0.25) is 0 Å². The van der Waals surface area contributed by atoms with Gasteiger partial charge in [0.05, 0.1) is 5.69 Å². The van der Waals surface area contributed by atoms with Gasteiger partial charge in [0.2, 0.25) is 0 Å². The molecule has 1 aliphatic carbocycles. The van der Waals surface area contributed by atoms with Crippen LogP contribution in [0.5, 0.6) is 0 Å². The second kappa shape index (κ2) is 15.6. The molecule has 314 valence electrons. The number of hydrogen-bond donors (Lipinski definition) is 0. The van der Waals surface area contributed by atoms with Crippen LogP contribution in [-0.4, -0.2) is 0 Å². The van der Waals surface area contributed by atoms with Gasteiger partial charge in [0.1, 0.15) is 0 Å². The maximum atomic E-state index is 2.47. The molecule has 0 amide bonds. The lowest BCUT2D eigenvalue weighted by Crippen LogP contribution is -2.22. The first-order valence-corrected chi connectivity index (χ1v) is 23.3. The summed E-state index contributed by atoms with van der Waals surface area (Å²) < 4.78 is 0. The molecule has 0 radical (unpaired) electrons. The van der Waals surface area contributed by atoms with Crippen LogP contribution in [0.15, 0.2) is 255 Å². The van der Waals surface area contributed by atoms with Gasteiger partial charge in [-0.25, -0.2) is 0 Å². The summed E-state index contributed by atoms with van der Waals surface area (Å²) in [5.74, 6) is 0. The average Bonchev–Trinajstić information content (AvgIpc) is 3.66. The third-order valence-corrected chi connectivity index (χ3v) is 14.5. The molecule has 0 aliphatic heterocycles. The number of fused-ring (bicyclic) bond motifs is 9. The summed E-state index contributed by atoms with van der Waals surface area (Å²) in [4.78, 5) is 2.47. The molecule has 0 aromatic heterocycles. The van der Waals surface area contributed by atoms with Crippen LogP contribution in [0.1, 0.15) is 23.6 Å². The average molecular weight is 852 g/mol. The highest BCUT2D eigenvalue weighted by Gasteiger charge is 2.41. The molecule has 0 fully saturated rings. The van der Waals surface area contributed by atoms with E-state index in [-0.39, 0.29) is 5.41 Å². The Hall–Kier alpha value is -8.52. The Morgan fingerprint density at radius 3 is 1.60 bits per heavy atom. The molecular weight excluding hydrogens is 807 g/mol. The predicted molar refractivity (Wildman–Crippen MR) is 285 cm³/mol. The summed E-state index contributed by atoms with van der Waals surface area (Å²) >= 11 is 0. The van der Waals surface area contributed by atoms with Crippen molar-refractivity contribution in [2.45, 2.75) is 12.3 Å². The van der Waals surface area contributed by atoms with Crippen molar-refractivity contribution in [1.29, 1.82) is 0 Å². The van der Waals surface area contributed by atoms with E-state index in [9.17, 15) is 0 Å². The molecule has 1 unspecified atom stereocenters. The van der Waals surface area contributed by atoms with Crippen molar-refractivity contribution in [3.8, 4) is 44.5 Å². The molecule has 67 heavy (non-hydrogen) atoms. The molecule has 1 nitrogen and oxygen atoms in total. The molecule has 1 aliphatic rings. The second-order valence-electron chi connectivity index (χ2n) is 18.1. The number of anilines is 3. The molecule has 13 rings (SSSR count). The quantitative estimate of drug-likeness (QED) is 0.144. The van der Waals surface area contributed by atoms with Crippen molar-refractivity contribution in [3.63, 3.8) is 0 Å². The number of hydrogen-bond acceptors (Lipinski definition) is 1. The molecule has 12 aromatic rings. The zero-order valence-corrected chi connectivity index (χ0v) is 37.2. The Morgan fingerprint density at radius 2 is 0.836 bits per heavy atom. The summed E-state index contributed by atoms with van der Waals surface area (Å²) in [6.45, 7) is 2.39. The van der Waals surface area contributed by atoms with Gasteiger partial charge in [-0.15, -0.1) is 0 Å². The zero-order valence-electron chi connectivity index (χ0n) is 37.2. The maximum absolute atomic E-state index is 2.47. The highest BCUT2D eigenvalue weighted by atomic mass is 15.1. The topological polar surface area (TPSA) is 3.24 Å². The Labute approximate surface area is 391 Å². The van der Waals surface area contributed by atoms with Crippen molar-refractivity contribution in [2.75, 3.05) is 4.90 Å². The molecule has 0 heterocycles. The monoisotopic (exact) mass is 851 g/mol. The molecule has 0 bridgehead atoms. The van der Waals surface area contributed by atoms with Crippen molar-refractivity contribution in [1.82, 2.24) is 0 Å². The van der Waals surface area contributed by atoms with Crippen LogP contribution >= 0.6 is 0 Å². The lowest BCUT2D eigenvalue weighted by molar-refractivity contribution is 0.714. The van der Waals surface area contributed by atoms with E-state index in [0.717, 1.165) is 17.1 Å². The third kappa shape index (κ3) is 6.16. The van der Waals surface area contributed by atoms with E-state index >= 15 is 0 Å². The van der Waals surface area contributed by atoms with E-state index in [1.54, 1.807) is 0 Å². The van der Waals surface area contributed by atoms with E-state index in [1.165, 1.54) is 104 Å². The largest absolute Gasteiger partial charge is 0.310 e. The van der Waals surface area contributed by atoms with E-state index in [2.05, 4.69) is 267 Å². The van der Waals surface area contributed by atoms with Crippen LogP contribution in [-0.2, 0) is 5.41 Å². The Balaban J connectivity index is 0.998. The molecule has 0 spiro atoms. The molecule has 0 N–H and O–H groups in total. The van der Waals surface area contributed by atoms with Crippen LogP contribution in [0.25, 0.3) is 87.6 Å². The highest BCUT2D eigenvalue weighted by Crippen LogP contribution is 2.54.